The lowest BCUT2D eigenvalue weighted by Crippen LogP contribution is -2.29. The first kappa shape index (κ1) is 21.3. The summed E-state index contributed by atoms with van der Waals surface area (Å²) in [6, 6.07) is 10.7. The fraction of sp³-hybridized carbons (Fsp3) is 0.350. The smallest absolute Gasteiger partial charge is 0.407 e. The summed E-state index contributed by atoms with van der Waals surface area (Å²) in [6.07, 6.45) is -0.261. The second-order valence-electron chi connectivity index (χ2n) is 6.02. The molecular weight excluding hydrogens is 364 g/mol. The molecule has 2 unspecified atom stereocenters. The standard InChI is InChI=1S/C20H24N2O6/c1-2-27-19(25)16-10-15(11-21-12-16)18(24)17(23)8-9-22-20(26)28-13-14-6-4-3-5-7-14/h3-7,10-12,17-18,23-24H,2,8-9,13H2,1H3,(H,22,26). The third-order valence-electron chi connectivity index (χ3n) is 3.90. The van der Waals surface area contributed by atoms with Crippen LogP contribution >= 0.6 is 0 Å². The van der Waals surface area contributed by atoms with Gasteiger partial charge in [-0.2, -0.15) is 0 Å². The summed E-state index contributed by atoms with van der Waals surface area (Å²) in [6.45, 7) is 2.16. The number of amides is 1. The van der Waals surface area contributed by atoms with Gasteiger partial charge in [0.15, 0.2) is 0 Å². The Labute approximate surface area is 163 Å². The first-order valence-electron chi connectivity index (χ1n) is 8.94. The molecule has 2 aromatic rings. The number of hydrogen-bond acceptors (Lipinski definition) is 7. The molecule has 0 bridgehead atoms. The van der Waals surface area contributed by atoms with Gasteiger partial charge in [0.1, 0.15) is 12.7 Å². The van der Waals surface area contributed by atoms with E-state index in [2.05, 4.69) is 10.3 Å². The fourth-order valence-corrected chi connectivity index (χ4v) is 2.42. The van der Waals surface area contributed by atoms with Gasteiger partial charge < -0.3 is 25.0 Å². The quantitative estimate of drug-likeness (QED) is 0.562. The summed E-state index contributed by atoms with van der Waals surface area (Å²) in [5.41, 5.74) is 1.33. The van der Waals surface area contributed by atoms with Gasteiger partial charge in [-0.05, 0) is 25.0 Å². The minimum atomic E-state index is -1.26. The van der Waals surface area contributed by atoms with E-state index in [0.29, 0.717) is 0 Å². The van der Waals surface area contributed by atoms with Crippen molar-refractivity contribution in [2.24, 2.45) is 0 Å². The van der Waals surface area contributed by atoms with Crippen LogP contribution in [0, 0.1) is 0 Å². The average Bonchev–Trinajstić information content (AvgIpc) is 2.72. The van der Waals surface area contributed by atoms with Crippen molar-refractivity contribution in [2.75, 3.05) is 13.2 Å². The second kappa shape index (κ2) is 11.0. The SMILES string of the molecule is CCOC(=O)c1cncc(C(O)C(O)CCNC(=O)OCc2ccccc2)c1. The molecule has 0 aliphatic rings. The normalized spacial score (nSPS) is 12.7. The number of nitrogens with one attached hydrogen (secondary N) is 1. The highest BCUT2D eigenvalue weighted by Gasteiger charge is 2.20. The minimum absolute atomic E-state index is 0.0885. The van der Waals surface area contributed by atoms with E-state index in [9.17, 15) is 19.8 Å². The maximum Gasteiger partial charge on any atom is 0.407 e. The summed E-state index contributed by atoms with van der Waals surface area (Å²) >= 11 is 0. The lowest BCUT2D eigenvalue weighted by atomic mass is 10.0. The predicted octanol–water partition coefficient (Wildman–Crippen LogP) is 1.97. The summed E-state index contributed by atoms with van der Waals surface area (Å²) in [5.74, 6) is -0.554. The Morgan fingerprint density at radius 1 is 1.14 bits per heavy atom. The van der Waals surface area contributed by atoms with Crippen LogP contribution in [0.3, 0.4) is 0 Å². The van der Waals surface area contributed by atoms with Crippen molar-refractivity contribution in [1.29, 1.82) is 0 Å². The molecule has 0 spiro atoms. The summed E-state index contributed by atoms with van der Waals surface area (Å²) in [4.78, 5) is 27.3. The van der Waals surface area contributed by atoms with Crippen molar-refractivity contribution in [1.82, 2.24) is 10.3 Å². The van der Waals surface area contributed by atoms with Crippen LogP contribution in [-0.4, -0.2) is 46.5 Å². The van der Waals surface area contributed by atoms with Gasteiger partial charge in [-0.25, -0.2) is 9.59 Å². The van der Waals surface area contributed by atoms with Crippen LogP contribution in [0.2, 0.25) is 0 Å². The number of carbonyl (C=O) groups is 2. The van der Waals surface area contributed by atoms with Crippen molar-refractivity contribution in [3.63, 3.8) is 0 Å². The number of pyridine rings is 1. The van der Waals surface area contributed by atoms with Gasteiger partial charge in [0.25, 0.3) is 0 Å². The third-order valence-corrected chi connectivity index (χ3v) is 3.90. The van der Waals surface area contributed by atoms with Crippen LogP contribution in [0.5, 0.6) is 0 Å². The van der Waals surface area contributed by atoms with Crippen LogP contribution in [0.15, 0.2) is 48.8 Å². The Hall–Kier alpha value is -2.97. The number of esters is 1. The molecule has 1 amide bonds. The van der Waals surface area contributed by atoms with Crippen molar-refractivity contribution in [3.8, 4) is 0 Å². The van der Waals surface area contributed by atoms with Gasteiger partial charge in [0, 0.05) is 24.5 Å². The maximum absolute atomic E-state index is 11.7. The molecule has 0 saturated heterocycles. The van der Waals surface area contributed by atoms with Crippen LogP contribution in [0.25, 0.3) is 0 Å². The first-order valence-corrected chi connectivity index (χ1v) is 8.94. The van der Waals surface area contributed by atoms with Crippen molar-refractivity contribution in [3.05, 3.63) is 65.5 Å². The summed E-state index contributed by atoms with van der Waals surface area (Å²) in [7, 11) is 0. The van der Waals surface area contributed by atoms with E-state index in [1.807, 2.05) is 30.3 Å². The molecule has 0 aliphatic heterocycles. The summed E-state index contributed by atoms with van der Waals surface area (Å²) in [5, 5.41) is 22.9. The molecular formula is C20H24N2O6. The molecule has 1 aromatic carbocycles. The summed E-state index contributed by atoms with van der Waals surface area (Å²) < 4.78 is 9.95. The Kier molecular flexibility index (Phi) is 8.38. The van der Waals surface area contributed by atoms with Gasteiger partial charge in [-0.3, -0.25) is 4.98 Å². The second-order valence-corrected chi connectivity index (χ2v) is 6.02. The number of aliphatic hydroxyl groups excluding tert-OH is 2. The third kappa shape index (κ3) is 6.64. The predicted molar refractivity (Wildman–Crippen MR) is 100 cm³/mol. The van der Waals surface area contributed by atoms with E-state index in [-0.39, 0.29) is 37.3 Å². The first-order chi connectivity index (χ1) is 13.5. The number of ether oxygens (including phenoxy) is 2. The van der Waals surface area contributed by atoms with Crippen molar-refractivity contribution >= 4 is 12.1 Å². The van der Waals surface area contributed by atoms with E-state index in [0.717, 1.165) is 5.56 Å². The van der Waals surface area contributed by atoms with E-state index in [4.69, 9.17) is 9.47 Å². The van der Waals surface area contributed by atoms with E-state index in [1.54, 1.807) is 6.92 Å². The largest absolute Gasteiger partial charge is 0.462 e. The van der Waals surface area contributed by atoms with Gasteiger partial charge in [-0.1, -0.05) is 30.3 Å². The Morgan fingerprint density at radius 3 is 2.61 bits per heavy atom. The molecule has 8 nitrogen and oxygen atoms in total. The fourth-order valence-electron chi connectivity index (χ4n) is 2.42. The van der Waals surface area contributed by atoms with Crippen LogP contribution < -0.4 is 5.32 Å². The topological polar surface area (TPSA) is 118 Å². The highest BCUT2D eigenvalue weighted by Crippen LogP contribution is 2.19. The zero-order valence-electron chi connectivity index (χ0n) is 15.6. The Morgan fingerprint density at radius 2 is 1.89 bits per heavy atom. The zero-order valence-corrected chi connectivity index (χ0v) is 15.6. The molecule has 8 heteroatoms. The average molecular weight is 388 g/mol. The molecule has 2 atom stereocenters. The molecule has 0 fully saturated rings. The van der Waals surface area contributed by atoms with E-state index < -0.39 is 24.3 Å². The molecule has 0 aliphatic carbocycles. The minimum Gasteiger partial charge on any atom is -0.462 e. The van der Waals surface area contributed by atoms with Gasteiger partial charge in [0.05, 0.1) is 18.3 Å². The van der Waals surface area contributed by atoms with E-state index in [1.165, 1.54) is 18.5 Å². The highest BCUT2D eigenvalue weighted by molar-refractivity contribution is 5.89. The number of carbonyl (C=O) groups excluding carboxylic acids is 2. The zero-order chi connectivity index (χ0) is 20.4. The Bertz CT molecular complexity index is 768. The number of aromatic nitrogens is 1. The van der Waals surface area contributed by atoms with Gasteiger partial charge in [-0.15, -0.1) is 0 Å². The maximum atomic E-state index is 11.7. The van der Waals surface area contributed by atoms with Gasteiger partial charge in [0.2, 0.25) is 0 Å². The lowest BCUT2D eigenvalue weighted by molar-refractivity contribution is 0.0133. The van der Waals surface area contributed by atoms with E-state index >= 15 is 0 Å². The lowest BCUT2D eigenvalue weighted by Gasteiger charge is -2.18. The highest BCUT2D eigenvalue weighted by atomic mass is 16.5. The Balaban J connectivity index is 1.77. The van der Waals surface area contributed by atoms with Crippen molar-refractivity contribution in [2.45, 2.75) is 32.2 Å². The van der Waals surface area contributed by atoms with Crippen molar-refractivity contribution < 1.29 is 29.3 Å². The molecule has 28 heavy (non-hydrogen) atoms. The van der Waals surface area contributed by atoms with Crippen LogP contribution in [0.4, 0.5) is 4.79 Å². The molecule has 3 N–H and O–H groups in total. The molecule has 0 saturated carbocycles. The number of aliphatic hydroxyl groups is 2. The monoisotopic (exact) mass is 388 g/mol. The van der Waals surface area contributed by atoms with Crippen LogP contribution in [-0.2, 0) is 16.1 Å². The molecule has 150 valence electrons. The number of rotatable bonds is 9. The number of benzene rings is 1. The molecule has 2 rings (SSSR count). The van der Waals surface area contributed by atoms with Crippen LogP contribution in [0.1, 0.15) is 40.9 Å². The molecule has 1 aromatic heterocycles. The molecule has 0 radical (unpaired) electrons. The molecule has 1 heterocycles. The number of nitrogens with zero attached hydrogens (tertiary/aromatic N) is 1. The van der Waals surface area contributed by atoms with Gasteiger partial charge >= 0.3 is 12.1 Å². The number of hydrogen-bond donors (Lipinski definition) is 3. The number of alkyl carbamates (subject to hydrolysis) is 1.